The zero-order valence-corrected chi connectivity index (χ0v) is 26.0. The van der Waals surface area contributed by atoms with Crippen LogP contribution >= 0.6 is 0 Å². The molecule has 1 amide bonds. The molecule has 0 radical (unpaired) electrons. The molecule has 0 aromatic carbocycles. The van der Waals surface area contributed by atoms with Crippen LogP contribution in [0.5, 0.6) is 0 Å². The first kappa shape index (κ1) is 35.8. The largest absolute Gasteiger partial charge is 0.479 e. The Labute approximate surface area is 239 Å². The van der Waals surface area contributed by atoms with Crippen LogP contribution in [0.4, 0.5) is 0 Å². The molecule has 0 aromatic rings. The van der Waals surface area contributed by atoms with Crippen LogP contribution in [0.2, 0.25) is 0 Å². The molecule has 0 aliphatic carbocycles. The smallest absolute Gasteiger partial charge is 0.397 e. The number of rotatable bonds is 9. The summed E-state index contributed by atoms with van der Waals surface area (Å²) in [5.74, 6) is -6.35. The Balaban J connectivity index is 2.89. The molecule has 2 fully saturated rings. The number of methoxy groups -OCH3 is 2. The van der Waals surface area contributed by atoms with E-state index in [2.05, 4.69) is 4.18 Å². The maximum Gasteiger partial charge on any atom is 0.397 e. The number of carboxylic acid groups (broad SMARTS) is 1. The van der Waals surface area contributed by atoms with Gasteiger partial charge in [0.1, 0.15) is 29.0 Å². The third-order valence-electron chi connectivity index (χ3n) is 9.21. The number of aliphatic hydroxyl groups is 3. The number of quaternary nitrogens is 1. The topological polar surface area (TPSA) is 225 Å². The summed E-state index contributed by atoms with van der Waals surface area (Å²) < 4.78 is 65.1. The summed E-state index contributed by atoms with van der Waals surface area (Å²) in [5, 5.41) is 45.0. The zero-order valence-electron chi connectivity index (χ0n) is 25.2. The third-order valence-corrected chi connectivity index (χ3v) is 9.64. The van der Waals surface area contributed by atoms with Crippen molar-refractivity contribution in [2.75, 3.05) is 34.9 Å². The van der Waals surface area contributed by atoms with E-state index in [1.165, 1.54) is 48.9 Å². The molecule has 0 bridgehead atoms. The maximum absolute atomic E-state index is 13.0. The second-order valence-corrected chi connectivity index (χ2v) is 13.2. The number of carbonyl (C=O) groups excluding carboxylic acids is 1. The summed E-state index contributed by atoms with van der Waals surface area (Å²) >= 11 is 0. The van der Waals surface area contributed by atoms with E-state index in [-0.39, 0.29) is 0 Å². The molecule has 0 saturated carbocycles. The lowest BCUT2D eigenvalue weighted by Crippen LogP contribution is -2.86. The lowest BCUT2D eigenvalue weighted by Gasteiger charge is -2.64. The molecule has 5 N–H and O–H groups in total. The number of likely N-dealkylation sites (N-methyl/N-ethyl adjacent to an activating group) is 1. The number of carbonyl (C=O) groups is 2. The van der Waals surface area contributed by atoms with E-state index in [9.17, 15) is 43.0 Å². The molecule has 17 heteroatoms. The van der Waals surface area contributed by atoms with Crippen LogP contribution in [0.15, 0.2) is 0 Å². The van der Waals surface area contributed by atoms with Crippen molar-refractivity contribution in [1.29, 1.82) is 0 Å². The van der Waals surface area contributed by atoms with Gasteiger partial charge in [-0.15, -0.1) is 0 Å². The molecule has 41 heavy (non-hydrogen) atoms. The minimum absolute atomic E-state index is 0.474. The van der Waals surface area contributed by atoms with Crippen LogP contribution in [0.25, 0.3) is 0 Å². The van der Waals surface area contributed by atoms with Gasteiger partial charge in [0.2, 0.25) is 5.79 Å². The first-order chi connectivity index (χ1) is 18.1. The van der Waals surface area contributed by atoms with Gasteiger partial charge in [0.05, 0.1) is 27.6 Å². The minimum atomic E-state index is -5.01. The lowest BCUT2D eigenvalue weighted by atomic mass is 9.68. The Bertz CT molecular complexity index is 1140. The van der Waals surface area contributed by atoms with Crippen molar-refractivity contribution in [2.45, 2.75) is 107 Å². The maximum atomic E-state index is 13.0. The molecule has 16 nitrogen and oxygen atoms in total. The van der Waals surface area contributed by atoms with Crippen LogP contribution in [0, 0.1) is 0 Å². The van der Waals surface area contributed by atoms with Gasteiger partial charge in [-0.3, -0.25) is 9.04 Å². The van der Waals surface area contributed by atoms with Gasteiger partial charge in [-0.05, 0) is 41.5 Å². The molecule has 0 aromatic heterocycles. The third kappa shape index (κ3) is 5.56. The van der Waals surface area contributed by atoms with Gasteiger partial charge in [-0.2, -0.15) is 8.42 Å². The number of aliphatic hydroxyl groups excluding tert-OH is 1. The Morgan fingerprint density at radius 2 is 1.41 bits per heavy atom. The molecule has 2 heterocycles. The average molecular weight is 619 g/mol. The molecular formula is C24H44NO15S+. The summed E-state index contributed by atoms with van der Waals surface area (Å²) in [6.07, 6.45) is -5.61. The SMILES string of the molecule is COC1(C)OC(COS(=O)(=O)O)C(C)(O)C(C)(OC2(C)OC(C(=O)O)C(C)(OC)C(C)(O)C2O)C1[N+](C)(C)C(C)=O. The van der Waals surface area contributed by atoms with E-state index in [0.717, 1.165) is 27.9 Å². The van der Waals surface area contributed by atoms with E-state index in [4.69, 9.17) is 23.7 Å². The van der Waals surface area contributed by atoms with Crippen molar-refractivity contribution < 1.29 is 75.3 Å². The van der Waals surface area contributed by atoms with E-state index >= 15 is 0 Å². The fraction of sp³-hybridized carbons (Fsp3) is 0.917. The lowest BCUT2D eigenvalue weighted by molar-refractivity contribution is -0.870. The molecule has 2 rings (SSSR count). The first-order valence-corrected chi connectivity index (χ1v) is 14.0. The van der Waals surface area contributed by atoms with Gasteiger partial charge in [0.15, 0.2) is 23.5 Å². The van der Waals surface area contributed by atoms with E-state index in [1.807, 2.05) is 0 Å². The first-order valence-electron chi connectivity index (χ1n) is 12.6. The Hall–Kier alpha value is -1.35. The molecule has 10 atom stereocenters. The van der Waals surface area contributed by atoms with Gasteiger partial charge >= 0.3 is 22.3 Å². The Morgan fingerprint density at radius 3 is 1.80 bits per heavy atom. The van der Waals surface area contributed by atoms with Crippen molar-refractivity contribution in [3.63, 3.8) is 0 Å². The number of nitrogens with zero attached hydrogens (tertiary/aromatic N) is 1. The molecule has 2 saturated heterocycles. The fourth-order valence-electron chi connectivity index (χ4n) is 6.16. The normalized spacial score (nSPS) is 45.8. The van der Waals surface area contributed by atoms with Gasteiger partial charge in [0, 0.05) is 14.2 Å². The fourth-order valence-corrected chi connectivity index (χ4v) is 6.46. The van der Waals surface area contributed by atoms with Gasteiger partial charge < -0.3 is 44.1 Å². The highest BCUT2D eigenvalue weighted by Gasteiger charge is 2.76. The van der Waals surface area contributed by atoms with Gasteiger partial charge in [-0.1, -0.05) is 0 Å². The summed E-state index contributed by atoms with van der Waals surface area (Å²) in [6, 6.07) is -1.36. The van der Waals surface area contributed by atoms with Crippen molar-refractivity contribution in [3.05, 3.63) is 0 Å². The molecule has 0 spiro atoms. The monoisotopic (exact) mass is 618 g/mol. The van der Waals surface area contributed by atoms with E-state index < -0.39 is 91.7 Å². The van der Waals surface area contributed by atoms with Crippen molar-refractivity contribution in [3.8, 4) is 0 Å². The predicted octanol–water partition coefficient (Wildman–Crippen LogP) is -1.20. The quantitative estimate of drug-likeness (QED) is 0.151. The number of hydrogen-bond acceptors (Lipinski definition) is 13. The number of hydrogen-bond donors (Lipinski definition) is 5. The van der Waals surface area contributed by atoms with Gasteiger partial charge in [-0.25, -0.2) is 13.8 Å². The minimum Gasteiger partial charge on any atom is -0.479 e. The highest BCUT2D eigenvalue weighted by Crippen LogP contribution is 2.53. The molecule has 2 aliphatic rings. The van der Waals surface area contributed by atoms with Crippen molar-refractivity contribution in [2.24, 2.45) is 0 Å². The van der Waals surface area contributed by atoms with Crippen molar-refractivity contribution >= 4 is 22.3 Å². The predicted molar refractivity (Wildman–Crippen MR) is 137 cm³/mol. The molecule has 2 aliphatic heterocycles. The summed E-state index contributed by atoms with van der Waals surface area (Å²) in [6.45, 7) is 7.63. The molecule has 10 unspecified atom stereocenters. The highest BCUT2D eigenvalue weighted by molar-refractivity contribution is 7.80. The summed E-state index contributed by atoms with van der Waals surface area (Å²) in [5.41, 5.74) is -8.87. The van der Waals surface area contributed by atoms with E-state index in [0.29, 0.717) is 0 Å². The second kappa shape index (κ2) is 10.7. The second-order valence-electron chi connectivity index (χ2n) is 12.1. The Morgan fingerprint density at radius 1 is 0.902 bits per heavy atom. The average Bonchev–Trinajstić information content (AvgIpc) is 2.81. The van der Waals surface area contributed by atoms with Crippen LogP contribution in [0.3, 0.4) is 0 Å². The van der Waals surface area contributed by atoms with Crippen molar-refractivity contribution in [1.82, 2.24) is 0 Å². The van der Waals surface area contributed by atoms with Crippen LogP contribution in [-0.4, -0.2) is 143 Å². The molecular weight excluding hydrogens is 574 g/mol. The van der Waals surface area contributed by atoms with E-state index in [1.54, 1.807) is 0 Å². The number of amides is 1. The van der Waals surface area contributed by atoms with Crippen LogP contribution < -0.4 is 0 Å². The van der Waals surface area contributed by atoms with Crippen LogP contribution in [0.1, 0.15) is 48.5 Å². The highest BCUT2D eigenvalue weighted by atomic mass is 32.3. The molecule has 240 valence electrons. The van der Waals surface area contributed by atoms with Crippen LogP contribution in [-0.2, 0) is 47.9 Å². The summed E-state index contributed by atoms with van der Waals surface area (Å²) in [4.78, 5) is 25.3. The summed E-state index contributed by atoms with van der Waals surface area (Å²) in [7, 11) is 0.246. The zero-order chi connectivity index (χ0) is 32.4. The number of carboxylic acids is 1. The standard InChI is InChI=1S/C24H43NO15S/c1-13(26)25(8,9)17-22(5,19(2,30)14(12-37-41(32,33)34)38-23(17,6)36-11)40-24(7)18(29)20(3,31)21(4,35-10)15(39-24)16(27)28/h14-15,17-18,29-31H,12H2,1-11H3,(H-,27,28,32,33,34)/p+1. The van der Waals surface area contributed by atoms with Gasteiger partial charge in [0.25, 0.3) is 0 Å². The number of ether oxygens (including phenoxy) is 5. The number of aliphatic carboxylic acids is 1. The Kier molecular flexibility index (Phi) is 9.33.